The number of nitro groups is 1. The molecule has 2 N–H and O–H groups in total. The van der Waals surface area contributed by atoms with Gasteiger partial charge in [0.15, 0.2) is 0 Å². The van der Waals surface area contributed by atoms with Crippen molar-refractivity contribution in [1.29, 1.82) is 0 Å². The molecular formula is C13H11BrN2O5. The van der Waals surface area contributed by atoms with E-state index >= 15 is 0 Å². The summed E-state index contributed by atoms with van der Waals surface area (Å²) in [7, 11) is 0. The summed E-state index contributed by atoms with van der Waals surface area (Å²) in [5.41, 5.74) is -0.0508. The van der Waals surface area contributed by atoms with Crippen LogP contribution in [0.3, 0.4) is 0 Å². The van der Waals surface area contributed by atoms with E-state index < -0.39 is 22.7 Å². The van der Waals surface area contributed by atoms with Gasteiger partial charge in [0.2, 0.25) is 0 Å². The minimum Gasteiger partial charge on any atom is -0.481 e. The van der Waals surface area contributed by atoms with Crippen molar-refractivity contribution < 1.29 is 19.6 Å². The minimum atomic E-state index is -0.942. The van der Waals surface area contributed by atoms with Gasteiger partial charge >= 0.3 is 5.97 Å². The lowest BCUT2D eigenvalue weighted by molar-refractivity contribution is -0.385. The first kappa shape index (κ1) is 15.2. The molecule has 1 aliphatic carbocycles. The van der Waals surface area contributed by atoms with E-state index in [0.29, 0.717) is 0 Å². The van der Waals surface area contributed by atoms with Crippen molar-refractivity contribution in [2.24, 2.45) is 5.92 Å². The number of nitrogens with one attached hydrogen (secondary N) is 1. The second kappa shape index (κ2) is 6.04. The van der Waals surface area contributed by atoms with Crippen molar-refractivity contribution >= 4 is 33.5 Å². The molecule has 0 aliphatic heterocycles. The lowest BCUT2D eigenvalue weighted by Crippen LogP contribution is -2.33. The second-order valence-corrected chi connectivity index (χ2v) is 5.42. The normalized spacial score (nSPS) is 20.2. The standard InChI is InChI=1S/C13H11BrN2O5/c14-10-4-2-7(6-11(10)16(20)21)12(17)15-9-3-1-8(5-9)13(18)19/h1-4,6,8-9H,5H2,(H,15,17)(H,18,19). The zero-order valence-corrected chi connectivity index (χ0v) is 12.2. The van der Waals surface area contributed by atoms with E-state index in [1.165, 1.54) is 24.3 Å². The highest BCUT2D eigenvalue weighted by Crippen LogP contribution is 2.26. The molecule has 0 saturated heterocycles. The van der Waals surface area contributed by atoms with Crippen LogP contribution in [0.15, 0.2) is 34.8 Å². The Labute approximate surface area is 127 Å². The highest BCUT2D eigenvalue weighted by atomic mass is 79.9. The number of carboxylic acid groups (broad SMARTS) is 1. The van der Waals surface area contributed by atoms with Gasteiger partial charge in [0.25, 0.3) is 11.6 Å². The Bertz CT molecular complexity index is 643. The highest BCUT2D eigenvalue weighted by Gasteiger charge is 2.26. The zero-order valence-electron chi connectivity index (χ0n) is 10.7. The largest absolute Gasteiger partial charge is 0.481 e. The molecule has 0 aromatic heterocycles. The lowest BCUT2D eigenvalue weighted by Gasteiger charge is -2.12. The number of nitro benzene ring substituents is 1. The number of benzene rings is 1. The van der Waals surface area contributed by atoms with Gasteiger partial charge in [0.1, 0.15) is 0 Å². The van der Waals surface area contributed by atoms with E-state index in [-0.39, 0.29) is 28.2 Å². The Morgan fingerprint density at radius 3 is 2.67 bits per heavy atom. The maximum Gasteiger partial charge on any atom is 0.310 e. The van der Waals surface area contributed by atoms with Crippen LogP contribution in [0.1, 0.15) is 16.8 Å². The van der Waals surface area contributed by atoms with E-state index in [9.17, 15) is 19.7 Å². The van der Waals surface area contributed by atoms with Crippen LogP contribution in [0.4, 0.5) is 5.69 Å². The Kier molecular flexibility index (Phi) is 4.37. The molecule has 0 fully saturated rings. The van der Waals surface area contributed by atoms with Crippen LogP contribution in [0.25, 0.3) is 0 Å². The first-order valence-electron chi connectivity index (χ1n) is 6.04. The number of nitrogens with zero attached hydrogens (tertiary/aromatic N) is 1. The molecule has 7 nitrogen and oxygen atoms in total. The molecule has 0 heterocycles. The average Bonchev–Trinajstić information content (AvgIpc) is 2.87. The number of rotatable bonds is 4. The van der Waals surface area contributed by atoms with Gasteiger partial charge in [0.05, 0.1) is 15.3 Å². The van der Waals surface area contributed by atoms with Crippen LogP contribution in [-0.4, -0.2) is 27.9 Å². The van der Waals surface area contributed by atoms with Gasteiger partial charge in [-0.15, -0.1) is 0 Å². The highest BCUT2D eigenvalue weighted by molar-refractivity contribution is 9.10. The Morgan fingerprint density at radius 2 is 2.10 bits per heavy atom. The molecule has 1 amide bonds. The molecule has 1 aromatic rings. The summed E-state index contributed by atoms with van der Waals surface area (Å²) < 4.78 is 0.288. The molecule has 0 radical (unpaired) electrons. The van der Waals surface area contributed by atoms with Crippen LogP contribution in [0.5, 0.6) is 0 Å². The molecule has 8 heteroatoms. The molecule has 21 heavy (non-hydrogen) atoms. The summed E-state index contributed by atoms with van der Waals surface area (Å²) in [6, 6.07) is 3.67. The van der Waals surface area contributed by atoms with Crippen molar-refractivity contribution in [3.63, 3.8) is 0 Å². The number of carbonyl (C=O) groups excluding carboxylic acids is 1. The molecular weight excluding hydrogens is 344 g/mol. The maximum atomic E-state index is 12.0. The summed E-state index contributed by atoms with van der Waals surface area (Å²) in [6.07, 6.45) is 3.42. The number of carbonyl (C=O) groups is 2. The first-order chi connectivity index (χ1) is 9.88. The van der Waals surface area contributed by atoms with E-state index in [2.05, 4.69) is 21.2 Å². The molecule has 0 spiro atoms. The summed E-state index contributed by atoms with van der Waals surface area (Å²) in [4.78, 5) is 33.1. The van der Waals surface area contributed by atoms with Crippen LogP contribution >= 0.6 is 15.9 Å². The predicted molar refractivity (Wildman–Crippen MR) is 76.9 cm³/mol. The molecule has 0 bridgehead atoms. The fourth-order valence-electron chi connectivity index (χ4n) is 2.03. The van der Waals surface area contributed by atoms with Crippen molar-refractivity contribution in [3.05, 3.63) is 50.5 Å². The molecule has 2 unspecified atom stereocenters. The monoisotopic (exact) mass is 354 g/mol. The zero-order chi connectivity index (χ0) is 15.6. The van der Waals surface area contributed by atoms with Crippen molar-refractivity contribution in [3.8, 4) is 0 Å². The van der Waals surface area contributed by atoms with Gasteiger partial charge in [-0.25, -0.2) is 0 Å². The average molecular weight is 355 g/mol. The van der Waals surface area contributed by atoms with Gasteiger partial charge in [-0.2, -0.15) is 0 Å². The lowest BCUT2D eigenvalue weighted by atomic mass is 10.1. The summed E-state index contributed by atoms with van der Waals surface area (Å²) in [5.74, 6) is -2.04. The summed E-state index contributed by atoms with van der Waals surface area (Å²) in [5, 5.41) is 22.3. The third kappa shape index (κ3) is 3.46. The maximum absolute atomic E-state index is 12.0. The predicted octanol–water partition coefficient (Wildman–Crippen LogP) is 2.12. The van der Waals surface area contributed by atoms with Crippen LogP contribution in [0.2, 0.25) is 0 Å². The quantitative estimate of drug-likeness (QED) is 0.488. The Morgan fingerprint density at radius 1 is 1.38 bits per heavy atom. The second-order valence-electron chi connectivity index (χ2n) is 4.57. The van der Waals surface area contributed by atoms with Gasteiger partial charge in [-0.05, 0) is 34.5 Å². The molecule has 110 valence electrons. The third-order valence-electron chi connectivity index (χ3n) is 3.12. The van der Waals surface area contributed by atoms with E-state index in [0.717, 1.165) is 0 Å². The van der Waals surface area contributed by atoms with Gasteiger partial charge < -0.3 is 10.4 Å². The fourth-order valence-corrected chi connectivity index (χ4v) is 2.43. The SMILES string of the molecule is O=C(NC1C=CC(C(=O)O)C1)c1ccc(Br)c([N+](=O)[O-])c1. The number of hydrogen-bond donors (Lipinski definition) is 2. The smallest absolute Gasteiger partial charge is 0.310 e. The molecule has 1 aliphatic rings. The van der Waals surface area contributed by atoms with Crippen molar-refractivity contribution in [1.82, 2.24) is 5.32 Å². The van der Waals surface area contributed by atoms with Gasteiger partial charge in [-0.3, -0.25) is 19.7 Å². The van der Waals surface area contributed by atoms with E-state index in [4.69, 9.17) is 5.11 Å². The third-order valence-corrected chi connectivity index (χ3v) is 3.79. The molecule has 2 atom stereocenters. The number of hydrogen-bond acceptors (Lipinski definition) is 4. The van der Waals surface area contributed by atoms with E-state index in [1.54, 1.807) is 6.08 Å². The van der Waals surface area contributed by atoms with E-state index in [1.807, 2.05) is 0 Å². The van der Waals surface area contributed by atoms with Gasteiger partial charge in [-0.1, -0.05) is 12.2 Å². The number of halogens is 1. The van der Waals surface area contributed by atoms with Crippen LogP contribution < -0.4 is 5.32 Å². The summed E-state index contributed by atoms with van der Waals surface area (Å²) in [6.45, 7) is 0. The topological polar surface area (TPSA) is 110 Å². The summed E-state index contributed by atoms with van der Waals surface area (Å²) >= 11 is 3.04. The van der Waals surface area contributed by atoms with Crippen LogP contribution in [-0.2, 0) is 4.79 Å². The number of amides is 1. The molecule has 1 aromatic carbocycles. The van der Waals surface area contributed by atoms with Crippen molar-refractivity contribution in [2.75, 3.05) is 0 Å². The van der Waals surface area contributed by atoms with Crippen LogP contribution in [0, 0.1) is 16.0 Å². The molecule has 0 saturated carbocycles. The first-order valence-corrected chi connectivity index (χ1v) is 6.83. The van der Waals surface area contributed by atoms with Gasteiger partial charge in [0, 0.05) is 17.7 Å². The number of aliphatic carboxylic acids is 1. The minimum absolute atomic E-state index is 0.150. The Balaban J connectivity index is 2.08. The fraction of sp³-hybridized carbons (Fsp3) is 0.231. The molecule has 2 rings (SSSR count). The Hall–Kier alpha value is -2.22. The van der Waals surface area contributed by atoms with Crippen molar-refractivity contribution in [2.45, 2.75) is 12.5 Å². The number of carboxylic acids is 1.